The van der Waals surface area contributed by atoms with Crippen molar-refractivity contribution in [2.75, 3.05) is 13.7 Å². The molecule has 1 aliphatic heterocycles. The highest BCUT2D eigenvalue weighted by atomic mass is 16.5. The van der Waals surface area contributed by atoms with Crippen molar-refractivity contribution in [3.8, 4) is 5.75 Å². The first-order valence-electron chi connectivity index (χ1n) is 8.48. The number of rotatable bonds is 6. The Kier molecular flexibility index (Phi) is 5.50. The average Bonchev–Trinajstić information content (AvgIpc) is 3.06. The van der Waals surface area contributed by atoms with Gasteiger partial charge in [0.05, 0.1) is 19.3 Å². The third kappa shape index (κ3) is 4.28. The van der Waals surface area contributed by atoms with Crippen molar-refractivity contribution in [1.29, 1.82) is 0 Å². The lowest BCUT2D eigenvalue weighted by molar-refractivity contribution is -0.123. The second-order valence-electron chi connectivity index (χ2n) is 6.19. The van der Waals surface area contributed by atoms with Crippen LogP contribution in [0.2, 0.25) is 0 Å². The number of hydrogen-bond donors (Lipinski definition) is 2. The van der Waals surface area contributed by atoms with Crippen molar-refractivity contribution >= 4 is 12.0 Å². The number of aryl methyl sites for hydroxylation is 1. The van der Waals surface area contributed by atoms with Gasteiger partial charge in [0.2, 0.25) is 5.91 Å². The molecule has 3 rings (SSSR count). The van der Waals surface area contributed by atoms with E-state index in [0.717, 1.165) is 29.8 Å². The van der Waals surface area contributed by atoms with Crippen molar-refractivity contribution in [2.24, 2.45) is 7.05 Å². The van der Waals surface area contributed by atoms with Crippen LogP contribution in [0.15, 0.2) is 42.7 Å². The second-order valence-corrected chi connectivity index (χ2v) is 6.19. The van der Waals surface area contributed by atoms with Gasteiger partial charge in [0.15, 0.2) is 0 Å². The quantitative estimate of drug-likeness (QED) is 0.844. The molecule has 0 radical (unpaired) electrons. The lowest BCUT2D eigenvalue weighted by Gasteiger charge is -2.32. The lowest BCUT2D eigenvalue weighted by Crippen LogP contribution is -2.48. The third-order valence-corrected chi connectivity index (χ3v) is 4.42. The minimum atomic E-state index is -0.0467. The van der Waals surface area contributed by atoms with Crippen LogP contribution in [-0.2, 0) is 11.8 Å². The van der Waals surface area contributed by atoms with Gasteiger partial charge in [0.25, 0.3) is 0 Å². The van der Waals surface area contributed by atoms with Crippen LogP contribution in [0.3, 0.4) is 0 Å². The predicted octanol–water partition coefficient (Wildman–Crippen LogP) is 2.05. The summed E-state index contributed by atoms with van der Waals surface area (Å²) in [5, 5.41) is 10.8. The second kappa shape index (κ2) is 7.98. The molecule has 2 N–H and O–H groups in total. The Labute approximate surface area is 147 Å². The van der Waals surface area contributed by atoms with E-state index in [9.17, 15) is 4.79 Å². The van der Waals surface area contributed by atoms with Gasteiger partial charge >= 0.3 is 0 Å². The van der Waals surface area contributed by atoms with E-state index < -0.39 is 0 Å². The van der Waals surface area contributed by atoms with Crippen LogP contribution in [-0.4, -0.2) is 35.4 Å². The number of ether oxygens (including phenoxy) is 1. The fraction of sp³-hybridized carbons (Fsp3) is 0.368. The number of carbonyl (C=O) groups is 1. The molecule has 1 aromatic carbocycles. The summed E-state index contributed by atoms with van der Waals surface area (Å²) in [4.78, 5) is 11.8. The molecule has 2 aromatic rings. The number of aromatic nitrogens is 2. The number of hydrogen-bond acceptors (Lipinski definition) is 4. The summed E-state index contributed by atoms with van der Waals surface area (Å²) < 4.78 is 7.11. The summed E-state index contributed by atoms with van der Waals surface area (Å²) in [7, 11) is 3.56. The standard InChI is InChI=1S/C19H24N4O2/c1-23-13-15(12-21-23)19-16(9-10-18(24)22-19)20-11-5-7-14-6-3-4-8-17(14)25-2/h3-8,12-13,16,19-20H,9-11H2,1-2H3,(H,22,24)/b7-5+/t16-,19+/m1/s1. The van der Waals surface area contributed by atoms with E-state index in [1.165, 1.54) is 0 Å². The zero-order valence-corrected chi connectivity index (χ0v) is 14.6. The Morgan fingerprint density at radius 3 is 3.04 bits per heavy atom. The van der Waals surface area contributed by atoms with E-state index in [4.69, 9.17) is 4.74 Å². The number of nitrogens with one attached hydrogen (secondary N) is 2. The Morgan fingerprint density at radius 2 is 2.28 bits per heavy atom. The summed E-state index contributed by atoms with van der Waals surface area (Å²) in [6.07, 6.45) is 9.25. The first-order valence-corrected chi connectivity index (χ1v) is 8.48. The van der Waals surface area contributed by atoms with Crippen LogP contribution < -0.4 is 15.4 Å². The topological polar surface area (TPSA) is 68.2 Å². The van der Waals surface area contributed by atoms with Crippen LogP contribution in [0.4, 0.5) is 0 Å². The van der Waals surface area contributed by atoms with E-state index in [0.29, 0.717) is 6.42 Å². The maximum atomic E-state index is 11.8. The zero-order chi connectivity index (χ0) is 17.6. The van der Waals surface area contributed by atoms with Crippen molar-refractivity contribution in [3.05, 3.63) is 53.9 Å². The van der Waals surface area contributed by atoms with Gasteiger partial charge in [-0.25, -0.2) is 0 Å². The molecule has 132 valence electrons. The van der Waals surface area contributed by atoms with Crippen LogP contribution in [0.1, 0.15) is 30.0 Å². The molecule has 0 bridgehead atoms. The van der Waals surface area contributed by atoms with E-state index >= 15 is 0 Å². The highest BCUT2D eigenvalue weighted by Crippen LogP contribution is 2.24. The number of benzene rings is 1. The molecule has 6 heteroatoms. The lowest BCUT2D eigenvalue weighted by atomic mass is 9.94. The summed E-state index contributed by atoms with van der Waals surface area (Å²) >= 11 is 0. The van der Waals surface area contributed by atoms with E-state index in [1.807, 2.05) is 49.8 Å². The molecule has 2 atom stereocenters. The normalized spacial score (nSPS) is 20.6. The molecule has 2 heterocycles. The molecule has 1 aliphatic rings. The molecule has 0 aliphatic carbocycles. The fourth-order valence-electron chi connectivity index (χ4n) is 3.15. The van der Waals surface area contributed by atoms with Crippen molar-refractivity contribution < 1.29 is 9.53 Å². The SMILES string of the molecule is COc1ccccc1/C=C/CN[C@@H]1CCC(=O)N[C@H]1c1cnn(C)c1. The molecule has 0 spiro atoms. The minimum absolute atomic E-state index is 0.0467. The number of nitrogens with zero attached hydrogens (tertiary/aromatic N) is 2. The Balaban J connectivity index is 1.62. The Bertz CT molecular complexity index is 753. The summed E-state index contributed by atoms with van der Waals surface area (Å²) in [5.74, 6) is 0.952. The fourth-order valence-corrected chi connectivity index (χ4v) is 3.15. The van der Waals surface area contributed by atoms with E-state index in [2.05, 4.69) is 21.8 Å². The van der Waals surface area contributed by atoms with Crippen LogP contribution in [0, 0.1) is 0 Å². The summed E-state index contributed by atoms with van der Waals surface area (Å²) in [5.41, 5.74) is 2.08. The van der Waals surface area contributed by atoms with Gasteiger partial charge < -0.3 is 15.4 Å². The number of carbonyl (C=O) groups excluding carboxylic acids is 1. The highest BCUT2D eigenvalue weighted by Gasteiger charge is 2.30. The molecule has 1 amide bonds. The number of piperidine rings is 1. The molecular formula is C19H24N4O2. The molecular weight excluding hydrogens is 316 g/mol. The maximum absolute atomic E-state index is 11.8. The molecule has 1 fully saturated rings. The minimum Gasteiger partial charge on any atom is -0.496 e. The Morgan fingerprint density at radius 1 is 1.44 bits per heavy atom. The van der Waals surface area contributed by atoms with Crippen LogP contribution >= 0.6 is 0 Å². The van der Waals surface area contributed by atoms with Gasteiger partial charge in [-0.05, 0) is 12.5 Å². The molecule has 0 unspecified atom stereocenters. The third-order valence-electron chi connectivity index (χ3n) is 4.42. The van der Waals surface area contributed by atoms with Crippen LogP contribution in [0.5, 0.6) is 5.75 Å². The first kappa shape index (κ1) is 17.2. The number of methoxy groups -OCH3 is 1. The first-order chi connectivity index (χ1) is 12.2. The number of amides is 1. The molecule has 1 saturated heterocycles. The zero-order valence-electron chi connectivity index (χ0n) is 14.6. The smallest absolute Gasteiger partial charge is 0.220 e. The largest absolute Gasteiger partial charge is 0.496 e. The van der Waals surface area contributed by atoms with Gasteiger partial charge in [0.1, 0.15) is 5.75 Å². The van der Waals surface area contributed by atoms with Gasteiger partial charge in [-0.1, -0.05) is 30.4 Å². The van der Waals surface area contributed by atoms with E-state index in [-0.39, 0.29) is 18.0 Å². The van der Waals surface area contributed by atoms with E-state index in [1.54, 1.807) is 11.8 Å². The number of para-hydroxylation sites is 1. The van der Waals surface area contributed by atoms with Crippen molar-refractivity contribution in [2.45, 2.75) is 24.9 Å². The van der Waals surface area contributed by atoms with Gasteiger partial charge in [-0.2, -0.15) is 5.10 Å². The van der Waals surface area contributed by atoms with Gasteiger partial charge in [0, 0.05) is 43.4 Å². The van der Waals surface area contributed by atoms with Gasteiger partial charge in [-0.3, -0.25) is 9.48 Å². The molecule has 6 nitrogen and oxygen atoms in total. The average molecular weight is 340 g/mol. The predicted molar refractivity (Wildman–Crippen MR) is 97.1 cm³/mol. The van der Waals surface area contributed by atoms with Crippen molar-refractivity contribution in [1.82, 2.24) is 20.4 Å². The highest BCUT2D eigenvalue weighted by molar-refractivity contribution is 5.77. The summed E-state index contributed by atoms with van der Waals surface area (Å²) in [6.45, 7) is 0.718. The Hall–Kier alpha value is -2.60. The van der Waals surface area contributed by atoms with Gasteiger partial charge in [-0.15, -0.1) is 0 Å². The molecule has 1 aromatic heterocycles. The maximum Gasteiger partial charge on any atom is 0.220 e. The molecule has 0 saturated carbocycles. The van der Waals surface area contributed by atoms with Crippen LogP contribution in [0.25, 0.3) is 6.08 Å². The molecule has 25 heavy (non-hydrogen) atoms. The van der Waals surface area contributed by atoms with Crippen molar-refractivity contribution in [3.63, 3.8) is 0 Å². The monoisotopic (exact) mass is 340 g/mol. The summed E-state index contributed by atoms with van der Waals surface area (Å²) in [6, 6.07) is 8.05.